The van der Waals surface area contributed by atoms with Gasteiger partial charge < -0.3 is 5.32 Å². The van der Waals surface area contributed by atoms with Crippen molar-refractivity contribution in [3.8, 4) is 0 Å². The first-order valence-corrected chi connectivity index (χ1v) is 8.55. The second-order valence-electron chi connectivity index (χ2n) is 4.78. The van der Waals surface area contributed by atoms with Gasteiger partial charge in [0.1, 0.15) is 5.82 Å². The fraction of sp³-hybridized carbons (Fsp3) is 0.250. The van der Waals surface area contributed by atoms with E-state index in [9.17, 15) is 4.39 Å². The van der Waals surface area contributed by atoms with Gasteiger partial charge in [0.15, 0.2) is 0 Å². The standard InChI is InChI=1S/C16H15Br2ClFN/c1-3-21-16(11-8-9(2)4-6-12(11)17)10-5-7-13(18)14(19)15(10)20/h4-8,16,21H,3H2,1-2H3. The molecule has 2 rings (SSSR count). The molecule has 0 heterocycles. The van der Waals surface area contributed by atoms with Gasteiger partial charge in [-0.25, -0.2) is 4.39 Å². The minimum absolute atomic E-state index is 0.110. The van der Waals surface area contributed by atoms with Gasteiger partial charge >= 0.3 is 0 Å². The van der Waals surface area contributed by atoms with Crippen molar-refractivity contribution in [2.45, 2.75) is 19.9 Å². The Hall–Kier alpha value is -0.420. The van der Waals surface area contributed by atoms with E-state index in [1.807, 2.05) is 32.0 Å². The van der Waals surface area contributed by atoms with E-state index in [1.54, 1.807) is 12.1 Å². The van der Waals surface area contributed by atoms with Crippen LogP contribution in [-0.2, 0) is 0 Å². The average molecular weight is 436 g/mol. The molecule has 0 saturated heterocycles. The van der Waals surface area contributed by atoms with Gasteiger partial charge in [0.2, 0.25) is 0 Å². The third kappa shape index (κ3) is 3.67. The summed E-state index contributed by atoms with van der Waals surface area (Å²) in [4.78, 5) is 0. The number of aryl methyl sites for hydroxylation is 1. The summed E-state index contributed by atoms with van der Waals surface area (Å²) in [5, 5.41) is 3.44. The van der Waals surface area contributed by atoms with Crippen LogP contribution in [0.1, 0.15) is 29.7 Å². The van der Waals surface area contributed by atoms with Crippen LogP contribution in [0.2, 0.25) is 5.02 Å². The lowest BCUT2D eigenvalue weighted by atomic mass is 9.97. The second-order valence-corrected chi connectivity index (χ2v) is 6.87. The monoisotopic (exact) mass is 433 g/mol. The van der Waals surface area contributed by atoms with Crippen LogP contribution >= 0.6 is 43.5 Å². The molecule has 0 aliphatic carbocycles. The van der Waals surface area contributed by atoms with Gasteiger partial charge in [0.25, 0.3) is 0 Å². The molecule has 21 heavy (non-hydrogen) atoms. The molecule has 0 aliphatic rings. The Labute approximate surface area is 146 Å². The lowest BCUT2D eigenvalue weighted by Crippen LogP contribution is -2.23. The third-order valence-electron chi connectivity index (χ3n) is 3.25. The molecule has 0 aliphatic heterocycles. The molecule has 0 fully saturated rings. The topological polar surface area (TPSA) is 12.0 Å². The van der Waals surface area contributed by atoms with E-state index in [4.69, 9.17) is 11.6 Å². The highest BCUT2D eigenvalue weighted by Crippen LogP contribution is 2.35. The number of nitrogens with one attached hydrogen (secondary N) is 1. The SMILES string of the molecule is CCNC(c1cc(C)ccc1Br)c1ccc(Br)c(Cl)c1F. The van der Waals surface area contributed by atoms with Crippen LogP contribution in [0.4, 0.5) is 4.39 Å². The van der Waals surface area contributed by atoms with E-state index >= 15 is 0 Å². The second kappa shape index (κ2) is 7.23. The Morgan fingerprint density at radius 3 is 2.48 bits per heavy atom. The maximum Gasteiger partial charge on any atom is 0.148 e. The Kier molecular flexibility index (Phi) is 5.83. The van der Waals surface area contributed by atoms with Crippen LogP contribution in [0, 0.1) is 12.7 Å². The summed E-state index contributed by atoms with van der Waals surface area (Å²) < 4.78 is 16.0. The summed E-state index contributed by atoms with van der Waals surface area (Å²) in [6.07, 6.45) is 0. The van der Waals surface area contributed by atoms with Gasteiger partial charge in [0, 0.05) is 14.5 Å². The molecule has 0 aromatic heterocycles. The molecule has 0 amide bonds. The molecule has 1 N–H and O–H groups in total. The van der Waals surface area contributed by atoms with Crippen LogP contribution in [0.3, 0.4) is 0 Å². The van der Waals surface area contributed by atoms with Crippen molar-refractivity contribution in [2.75, 3.05) is 6.54 Å². The number of rotatable bonds is 4. The van der Waals surface area contributed by atoms with Crippen molar-refractivity contribution in [1.82, 2.24) is 5.32 Å². The third-order valence-corrected chi connectivity index (χ3v) is 5.23. The summed E-state index contributed by atoms with van der Waals surface area (Å²) in [5.41, 5.74) is 2.66. The normalized spacial score (nSPS) is 12.5. The molecule has 0 bridgehead atoms. The lowest BCUT2D eigenvalue weighted by molar-refractivity contribution is 0.557. The van der Waals surface area contributed by atoms with Gasteiger partial charge in [-0.2, -0.15) is 0 Å². The van der Waals surface area contributed by atoms with Crippen LogP contribution in [0.25, 0.3) is 0 Å². The molecule has 2 aromatic rings. The van der Waals surface area contributed by atoms with Crippen molar-refractivity contribution in [2.24, 2.45) is 0 Å². The molecule has 0 saturated carbocycles. The fourth-order valence-corrected chi connectivity index (χ4v) is 3.19. The van der Waals surface area contributed by atoms with E-state index < -0.39 is 5.82 Å². The van der Waals surface area contributed by atoms with Gasteiger partial charge in [-0.15, -0.1) is 0 Å². The number of hydrogen-bond acceptors (Lipinski definition) is 1. The molecule has 112 valence electrons. The van der Waals surface area contributed by atoms with Crippen LogP contribution < -0.4 is 5.32 Å². The first-order valence-electron chi connectivity index (χ1n) is 6.58. The highest BCUT2D eigenvalue weighted by molar-refractivity contribution is 9.10. The average Bonchev–Trinajstić information content (AvgIpc) is 2.46. The summed E-state index contributed by atoms with van der Waals surface area (Å²) in [6, 6.07) is 9.32. The molecule has 2 aromatic carbocycles. The van der Waals surface area contributed by atoms with Gasteiger partial charge in [-0.1, -0.05) is 58.2 Å². The first kappa shape index (κ1) is 16.9. The predicted molar refractivity (Wildman–Crippen MR) is 93.5 cm³/mol. The van der Waals surface area contributed by atoms with Crippen LogP contribution in [0.5, 0.6) is 0 Å². The predicted octanol–water partition coefficient (Wildman–Crippen LogP) is 6.01. The van der Waals surface area contributed by atoms with Crippen molar-refractivity contribution in [3.63, 3.8) is 0 Å². The van der Waals surface area contributed by atoms with Gasteiger partial charge in [-0.05, 0) is 47.1 Å². The lowest BCUT2D eigenvalue weighted by Gasteiger charge is -2.22. The number of halogens is 4. The van der Waals surface area contributed by atoms with Crippen molar-refractivity contribution >= 4 is 43.5 Å². The van der Waals surface area contributed by atoms with Gasteiger partial charge in [0.05, 0.1) is 11.1 Å². The Bertz CT molecular complexity index is 661. The van der Waals surface area contributed by atoms with Crippen molar-refractivity contribution in [3.05, 3.63) is 66.8 Å². The van der Waals surface area contributed by atoms with E-state index in [0.717, 1.165) is 22.1 Å². The summed E-state index contributed by atoms with van der Waals surface area (Å²) in [7, 11) is 0. The molecule has 1 nitrogen and oxygen atoms in total. The summed E-state index contributed by atoms with van der Waals surface area (Å²) >= 11 is 12.8. The van der Waals surface area contributed by atoms with Crippen LogP contribution in [0.15, 0.2) is 39.3 Å². The highest BCUT2D eigenvalue weighted by Gasteiger charge is 2.22. The van der Waals surface area contributed by atoms with Crippen LogP contribution in [-0.4, -0.2) is 6.54 Å². The highest BCUT2D eigenvalue weighted by atomic mass is 79.9. The minimum atomic E-state index is -0.398. The molecule has 1 unspecified atom stereocenters. The fourth-order valence-electron chi connectivity index (χ4n) is 2.24. The zero-order chi connectivity index (χ0) is 15.6. The molecule has 5 heteroatoms. The molecule has 1 atom stereocenters. The quantitative estimate of drug-likeness (QED) is 0.580. The van der Waals surface area contributed by atoms with E-state index in [0.29, 0.717) is 10.0 Å². The Morgan fingerprint density at radius 1 is 1.14 bits per heavy atom. The maximum atomic E-state index is 14.5. The smallest absolute Gasteiger partial charge is 0.148 e. The molecular formula is C16H15Br2ClFN. The van der Waals surface area contributed by atoms with E-state index in [2.05, 4.69) is 37.2 Å². The molecule has 0 spiro atoms. The Balaban J connectivity index is 2.59. The van der Waals surface area contributed by atoms with Gasteiger partial charge in [-0.3, -0.25) is 0 Å². The van der Waals surface area contributed by atoms with E-state index in [-0.39, 0.29) is 11.1 Å². The zero-order valence-corrected chi connectivity index (χ0v) is 15.6. The number of hydrogen-bond donors (Lipinski definition) is 1. The summed E-state index contributed by atoms with van der Waals surface area (Å²) in [6.45, 7) is 4.73. The molecule has 0 radical (unpaired) electrons. The van der Waals surface area contributed by atoms with E-state index in [1.165, 1.54) is 0 Å². The van der Waals surface area contributed by atoms with Crippen molar-refractivity contribution < 1.29 is 4.39 Å². The first-order chi connectivity index (χ1) is 9.95. The number of benzene rings is 2. The Morgan fingerprint density at radius 2 is 1.81 bits per heavy atom. The van der Waals surface area contributed by atoms with Crippen molar-refractivity contribution in [1.29, 1.82) is 0 Å². The largest absolute Gasteiger partial charge is 0.306 e. The minimum Gasteiger partial charge on any atom is -0.306 e. The maximum absolute atomic E-state index is 14.5. The molecular weight excluding hydrogens is 420 g/mol. The zero-order valence-electron chi connectivity index (χ0n) is 11.7. The summed E-state index contributed by atoms with van der Waals surface area (Å²) in [5.74, 6) is -0.398.